The first-order valence-electron chi connectivity index (χ1n) is 7.30. The second-order valence-corrected chi connectivity index (χ2v) is 5.39. The third-order valence-electron chi connectivity index (χ3n) is 3.24. The van der Waals surface area contributed by atoms with Crippen molar-refractivity contribution < 1.29 is 14.0 Å². The lowest BCUT2D eigenvalue weighted by atomic mass is 10.2. The Labute approximate surface area is 135 Å². The van der Waals surface area contributed by atoms with Gasteiger partial charge < -0.3 is 14.6 Å². The van der Waals surface area contributed by atoms with Crippen LogP contribution in [-0.4, -0.2) is 30.3 Å². The molecule has 1 N–H and O–H groups in total. The van der Waals surface area contributed by atoms with Crippen LogP contribution in [-0.2, 0) is 9.59 Å². The summed E-state index contributed by atoms with van der Waals surface area (Å²) >= 11 is 0. The lowest BCUT2D eigenvalue weighted by Gasteiger charge is -2.14. The predicted octanol–water partition coefficient (Wildman–Crippen LogP) is 3.01. The Kier molecular flexibility index (Phi) is 5.36. The zero-order chi connectivity index (χ0) is 16.8. The normalized spacial score (nSPS) is 10.7. The summed E-state index contributed by atoms with van der Waals surface area (Å²) in [7, 11) is 1.58. The third-order valence-corrected chi connectivity index (χ3v) is 3.24. The highest BCUT2D eigenvalue weighted by atomic mass is 16.3. The van der Waals surface area contributed by atoms with Gasteiger partial charge in [-0.2, -0.15) is 0 Å². The number of anilines is 1. The highest BCUT2D eigenvalue weighted by Crippen LogP contribution is 2.09. The van der Waals surface area contributed by atoms with E-state index in [0.29, 0.717) is 11.4 Å². The summed E-state index contributed by atoms with van der Waals surface area (Å²) in [5.41, 5.74) is 1.83. The van der Waals surface area contributed by atoms with E-state index in [0.717, 1.165) is 11.3 Å². The molecule has 0 bridgehead atoms. The monoisotopic (exact) mass is 312 g/mol. The predicted molar refractivity (Wildman–Crippen MR) is 89.9 cm³/mol. The molecule has 1 aromatic heterocycles. The third kappa shape index (κ3) is 5.14. The number of amides is 2. The fraction of sp³-hybridized carbons (Fsp3) is 0.222. The summed E-state index contributed by atoms with van der Waals surface area (Å²) in [4.78, 5) is 25.3. The molecule has 0 spiro atoms. The second kappa shape index (κ2) is 7.45. The van der Waals surface area contributed by atoms with Crippen LogP contribution in [0, 0.1) is 13.8 Å². The Morgan fingerprint density at radius 2 is 1.83 bits per heavy atom. The Morgan fingerprint density at radius 3 is 2.43 bits per heavy atom. The van der Waals surface area contributed by atoms with Gasteiger partial charge in [-0.15, -0.1) is 0 Å². The van der Waals surface area contributed by atoms with Gasteiger partial charge in [0, 0.05) is 18.8 Å². The molecule has 0 aliphatic heterocycles. The molecular weight excluding hydrogens is 292 g/mol. The Bertz CT molecular complexity index is 714. The van der Waals surface area contributed by atoms with Gasteiger partial charge in [-0.25, -0.2) is 0 Å². The molecule has 23 heavy (non-hydrogen) atoms. The molecule has 0 saturated carbocycles. The number of carbonyl (C=O) groups is 2. The minimum absolute atomic E-state index is 0.0196. The summed E-state index contributed by atoms with van der Waals surface area (Å²) in [6, 6.07) is 11.1. The molecule has 0 saturated heterocycles. The zero-order valence-corrected chi connectivity index (χ0v) is 13.5. The molecule has 2 amide bonds. The van der Waals surface area contributed by atoms with E-state index in [9.17, 15) is 9.59 Å². The number of rotatable bonds is 5. The van der Waals surface area contributed by atoms with E-state index in [2.05, 4.69) is 5.32 Å². The molecule has 2 aromatic rings. The first kappa shape index (κ1) is 16.5. The van der Waals surface area contributed by atoms with Crippen LogP contribution in [0.4, 0.5) is 5.69 Å². The summed E-state index contributed by atoms with van der Waals surface area (Å²) in [6.07, 6.45) is 2.97. The zero-order valence-electron chi connectivity index (χ0n) is 13.5. The van der Waals surface area contributed by atoms with E-state index in [1.807, 2.05) is 44.2 Å². The molecule has 5 nitrogen and oxygen atoms in total. The van der Waals surface area contributed by atoms with Crippen molar-refractivity contribution in [1.29, 1.82) is 0 Å². The standard InChI is InChI=1S/C18H20N2O3/c1-13-4-7-15(8-5-13)19-17(21)12-20(3)18(22)11-10-16-9-6-14(2)23-16/h4-11H,12H2,1-3H3,(H,19,21)/b11-10+. The van der Waals surface area contributed by atoms with Gasteiger partial charge in [0.15, 0.2) is 0 Å². The maximum Gasteiger partial charge on any atom is 0.246 e. The Balaban J connectivity index is 1.86. The first-order chi connectivity index (χ1) is 10.9. The van der Waals surface area contributed by atoms with Gasteiger partial charge in [0.1, 0.15) is 11.5 Å². The summed E-state index contributed by atoms with van der Waals surface area (Å²) in [5, 5.41) is 2.76. The van der Waals surface area contributed by atoms with Crippen molar-refractivity contribution in [2.24, 2.45) is 0 Å². The van der Waals surface area contributed by atoms with Crippen molar-refractivity contribution >= 4 is 23.6 Å². The van der Waals surface area contributed by atoms with Gasteiger partial charge in [0.05, 0.1) is 6.54 Å². The van der Waals surface area contributed by atoms with E-state index in [-0.39, 0.29) is 18.4 Å². The molecule has 0 fully saturated rings. The number of furan rings is 1. The molecule has 1 aromatic carbocycles. The Hall–Kier alpha value is -2.82. The molecular formula is C18H20N2O3. The number of benzene rings is 1. The number of likely N-dealkylation sites (N-methyl/N-ethyl adjacent to an activating group) is 1. The van der Waals surface area contributed by atoms with Gasteiger partial charge >= 0.3 is 0 Å². The van der Waals surface area contributed by atoms with Crippen molar-refractivity contribution in [1.82, 2.24) is 4.90 Å². The molecule has 0 unspecified atom stereocenters. The fourth-order valence-corrected chi connectivity index (χ4v) is 1.95. The van der Waals surface area contributed by atoms with Crippen molar-refractivity contribution in [3.63, 3.8) is 0 Å². The molecule has 0 aliphatic rings. The SMILES string of the molecule is Cc1ccc(NC(=O)CN(C)C(=O)/C=C/c2ccc(C)o2)cc1. The quantitative estimate of drug-likeness (QED) is 0.863. The molecule has 0 aliphatic carbocycles. The van der Waals surface area contributed by atoms with Crippen LogP contribution in [0.25, 0.3) is 6.08 Å². The second-order valence-electron chi connectivity index (χ2n) is 5.39. The summed E-state index contributed by atoms with van der Waals surface area (Å²) < 4.78 is 5.35. The average molecular weight is 312 g/mol. The molecule has 120 valence electrons. The molecule has 2 rings (SSSR count). The fourth-order valence-electron chi connectivity index (χ4n) is 1.95. The molecule has 0 radical (unpaired) electrons. The van der Waals surface area contributed by atoms with Crippen LogP contribution in [0.1, 0.15) is 17.1 Å². The minimum Gasteiger partial charge on any atom is -0.462 e. The van der Waals surface area contributed by atoms with Gasteiger partial charge in [-0.05, 0) is 44.2 Å². The molecule has 1 heterocycles. The maximum atomic E-state index is 12.0. The minimum atomic E-state index is -0.266. The van der Waals surface area contributed by atoms with Gasteiger partial charge in [-0.1, -0.05) is 17.7 Å². The van der Waals surface area contributed by atoms with Crippen LogP contribution >= 0.6 is 0 Å². The van der Waals surface area contributed by atoms with Crippen molar-refractivity contribution in [2.75, 3.05) is 18.9 Å². The van der Waals surface area contributed by atoms with E-state index in [1.54, 1.807) is 19.2 Å². The van der Waals surface area contributed by atoms with Crippen molar-refractivity contribution in [3.8, 4) is 0 Å². The summed E-state index contributed by atoms with van der Waals surface area (Å²) in [6.45, 7) is 3.79. The number of hydrogen-bond acceptors (Lipinski definition) is 3. The maximum absolute atomic E-state index is 12.0. The Morgan fingerprint density at radius 1 is 1.13 bits per heavy atom. The lowest BCUT2D eigenvalue weighted by molar-refractivity contribution is -0.129. The first-order valence-corrected chi connectivity index (χ1v) is 7.30. The largest absolute Gasteiger partial charge is 0.462 e. The van der Waals surface area contributed by atoms with Crippen LogP contribution in [0.15, 0.2) is 46.9 Å². The number of carbonyl (C=O) groups excluding carboxylic acids is 2. The highest BCUT2D eigenvalue weighted by molar-refractivity contribution is 5.97. The number of nitrogens with zero attached hydrogens (tertiary/aromatic N) is 1. The summed E-state index contributed by atoms with van der Waals surface area (Å²) in [5.74, 6) is 0.876. The van der Waals surface area contributed by atoms with Crippen LogP contribution < -0.4 is 5.32 Å². The van der Waals surface area contributed by atoms with Crippen LogP contribution in [0.5, 0.6) is 0 Å². The van der Waals surface area contributed by atoms with E-state index >= 15 is 0 Å². The van der Waals surface area contributed by atoms with Gasteiger partial charge in [0.25, 0.3) is 0 Å². The average Bonchev–Trinajstić information content (AvgIpc) is 2.92. The molecule has 0 atom stereocenters. The van der Waals surface area contributed by atoms with Gasteiger partial charge in [-0.3, -0.25) is 9.59 Å². The number of hydrogen-bond donors (Lipinski definition) is 1. The molecule has 5 heteroatoms. The van der Waals surface area contributed by atoms with E-state index in [4.69, 9.17) is 4.42 Å². The topological polar surface area (TPSA) is 62.6 Å². The van der Waals surface area contributed by atoms with E-state index < -0.39 is 0 Å². The van der Waals surface area contributed by atoms with Crippen LogP contribution in [0.3, 0.4) is 0 Å². The smallest absolute Gasteiger partial charge is 0.246 e. The van der Waals surface area contributed by atoms with E-state index in [1.165, 1.54) is 11.0 Å². The van der Waals surface area contributed by atoms with Crippen molar-refractivity contribution in [3.05, 3.63) is 59.6 Å². The van der Waals surface area contributed by atoms with Gasteiger partial charge in [0.2, 0.25) is 11.8 Å². The van der Waals surface area contributed by atoms with Crippen LogP contribution in [0.2, 0.25) is 0 Å². The highest BCUT2D eigenvalue weighted by Gasteiger charge is 2.10. The number of nitrogens with one attached hydrogen (secondary N) is 1. The number of aryl methyl sites for hydroxylation is 2. The van der Waals surface area contributed by atoms with Crippen molar-refractivity contribution in [2.45, 2.75) is 13.8 Å². The lowest BCUT2D eigenvalue weighted by Crippen LogP contribution is -2.33.